The van der Waals surface area contributed by atoms with Crippen LogP contribution in [0.15, 0.2) is 169 Å². The van der Waals surface area contributed by atoms with Crippen LogP contribution >= 0.6 is 0 Å². The lowest BCUT2D eigenvalue weighted by Crippen LogP contribution is -2.70. The summed E-state index contributed by atoms with van der Waals surface area (Å²) in [7, 11) is 1.55. The fraction of sp³-hybridized carbons (Fsp3) is 0.305. The van der Waals surface area contributed by atoms with Gasteiger partial charge < -0.3 is 34.2 Å². The summed E-state index contributed by atoms with van der Waals surface area (Å²) in [5, 5.41) is 36.7. The van der Waals surface area contributed by atoms with Crippen molar-refractivity contribution in [3.05, 3.63) is 186 Å². The minimum atomic E-state index is -1.47. The summed E-state index contributed by atoms with van der Waals surface area (Å²) in [6.07, 6.45) is 8.84. The maximum absolute atomic E-state index is 15.6. The highest BCUT2D eigenvalue weighted by molar-refractivity contribution is 6.03. The van der Waals surface area contributed by atoms with Crippen molar-refractivity contribution in [3.63, 3.8) is 0 Å². The predicted octanol–water partition coefficient (Wildman–Crippen LogP) is 11.8. The molecule has 1 fully saturated rings. The molecule has 3 aliphatic rings. The van der Waals surface area contributed by atoms with Gasteiger partial charge >= 0.3 is 0 Å². The number of aliphatic hydroxyl groups excluding tert-OH is 2. The number of hydrogen-bond acceptors (Lipinski definition) is 9. The van der Waals surface area contributed by atoms with E-state index in [0.717, 1.165) is 64.3 Å². The van der Waals surface area contributed by atoms with E-state index in [-0.39, 0.29) is 56.4 Å². The van der Waals surface area contributed by atoms with Gasteiger partial charge in [0.15, 0.2) is 0 Å². The molecule has 10 heteroatoms. The van der Waals surface area contributed by atoms with Crippen molar-refractivity contribution in [2.75, 3.05) is 26.9 Å². The highest BCUT2D eigenvalue weighted by Gasteiger charge is 2.65. The Kier molecular flexibility index (Phi) is 14.7. The first-order chi connectivity index (χ1) is 33.9. The van der Waals surface area contributed by atoms with Crippen molar-refractivity contribution < 1.29 is 34.1 Å². The molecular weight excluding hydrogens is 863 g/mol. The molecule has 1 aliphatic heterocycles. The summed E-state index contributed by atoms with van der Waals surface area (Å²) < 4.78 is 21.4. The Morgan fingerprint density at radius 1 is 0.855 bits per heavy atom. The Hall–Kier alpha value is -7.03. The smallest absolute Gasteiger partial charge is 0.254 e. The molecule has 6 aromatic rings. The third-order valence-corrected chi connectivity index (χ3v) is 14.2. The van der Waals surface area contributed by atoms with Crippen LogP contribution in [0.25, 0.3) is 21.9 Å². The van der Waals surface area contributed by atoms with Gasteiger partial charge in [0.2, 0.25) is 5.79 Å². The van der Waals surface area contributed by atoms with Crippen LogP contribution in [0.1, 0.15) is 77.9 Å². The van der Waals surface area contributed by atoms with Crippen molar-refractivity contribution in [2.45, 2.75) is 69.2 Å². The number of carbonyl (C=O) groups is 1. The molecule has 1 heterocycles. The molecule has 0 aromatic heterocycles. The van der Waals surface area contributed by atoms with E-state index in [2.05, 4.69) is 73.3 Å². The van der Waals surface area contributed by atoms with Gasteiger partial charge in [0.1, 0.15) is 30.4 Å². The normalized spacial score (nSPS) is 21.8. The lowest BCUT2D eigenvalue weighted by Gasteiger charge is -2.60. The van der Waals surface area contributed by atoms with E-state index in [4.69, 9.17) is 24.2 Å². The highest BCUT2D eigenvalue weighted by Crippen LogP contribution is 2.62. The monoisotopic (exact) mass is 921 g/mol. The molecule has 0 radical (unpaired) electrons. The van der Waals surface area contributed by atoms with Crippen molar-refractivity contribution >= 4 is 22.4 Å². The van der Waals surface area contributed by atoms with Gasteiger partial charge in [-0.3, -0.25) is 4.79 Å². The molecule has 0 spiro atoms. The summed E-state index contributed by atoms with van der Waals surface area (Å²) in [5.41, 5.74) is 6.62. The summed E-state index contributed by atoms with van der Waals surface area (Å²) >= 11 is 0. The van der Waals surface area contributed by atoms with Crippen molar-refractivity contribution in [1.29, 1.82) is 5.26 Å². The molecule has 0 unspecified atom stereocenters. The van der Waals surface area contributed by atoms with Crippen LogP contribution in [0.4, 0.5) is 0 Å². The molecule has 69 heavy (non-hydrogen) atoms. The third-order valence-electron chi connectivity index (χ3n) is 14.2. The van der Waals surface area contributed by atoms with E-state index < -0.39 is 17.7 Å². The van der Waals surface area contributed by atoms with Crippen LogP contribution < -0.4 is 9.47 Å². The van der Waals surface area contributed by atoms with Gasteiger partial charge in [0, 0.05) is 43.2 Å². The van der Waals surface area contributed by atoms with E-state index in [1.807, 2.05) is 65.6 Å². The highest BCUT2D eigenvalue weighted by atomic mass is 16.7. The molecule has 6 aromatic carbocycles. The van der Waals surface area contributed by atoms with Gasteiger partial charge in [-0.15, -0.1) is 6.58 Å². The fourth-order valence-corrected chi connectivity index (χ4v) is 11.1. The number of ether oxygens (including phenoxy) is 3. The zero-order valence-electron chi connectivity index (χ0n) is 39.1. The molecular formula is C59H59N3O7. The topological polar surface area (TPSA) is 134 Å². The number of amides is 1. The molecule has 2 aliphatic carbocycles. The molecule has 352 valence electrons. The molecule has 1 amide bonds. The lowest BCUT2D eigenvalue weighted by atomic mass is 9.55. The number of benzene rings is 6. The van der Waals surface area contributed by atoms with Crippen molar-refractivity contribution in [3.8, 4) is 34.4 Å². The quantitative estimate of drug-likeness (QED) is 0.0466. The van der Waals surface area contributed by atoms with E-state index in [9.17, 15) is 15.5 Å². The number of hydrogen-bond donors (Lipinski definition) is 2. The largest absolute Gasteiger partial charge is 0.459 e. The van der Waals surface area contributed by atoms with E-state index in [0.29, 0.717) is 46.9 Å². The summed E-state index contributed by atoms with van der Waals surface area (Å²) in [4.78, 5) is 23.1. The number of carbonyl (C=O) groups excluding carboxylic acids is 1. The number of aliphatic hydroxyl groups is 2. The predicted molar refractivity (Wildman–Crippen MR) is 269 cm³/mol. The number of unbranched alkanes of at least 4 members (excludes halogenated alkanes) is 2. The zero-order chi connectivity index (χ0) is 47.7. The van der Waals surface area contributed by atoms with Gasteiger partial charge in [-0.1, -0.05) is 115 Å². The zero-order valence-corrected chi connectivity index (χ0v) is 39.1. The van der Waals surface area contributed by atoms with Gasteiger partial charge in [0.25, 0.3) is 5.91 Å². The second-order valence-electron chi connectivity index (χ2n) is 18.2. The van der Waals surface area contributed by atoms with Gasteiger partial charge in [-0.2, -0.15) is 5.26 Å². The Morgan fingerprint density at radius 3 is 2.30 bits per heavy atom. The van der Waals surface area contributed by atoms with Gasteiger partial charge in [-0.25, -0.2) is 0 Å². The average Bonchev–Trinajstić information content (AvgIpc) is 3.39. The average molecular weight is 922 g/mol. The molecule has 6 atom stereocenters. The van der Waals surface area contributed by atoms with Crippen LogP contribution in [0, 0.1) is 29.1 Å². The van der Waals surface area contributed by atoms with E-state index in [1.54, 1.807) is 37.5 Å². The maximum atomic E-state index is 15.6. The number of fused-ring (bicyclic) bond motifs is 3. The third kappa shape index (κ3) is 9.68. The first-order valence-corrected chi connectivity index (χ1v) is 24.1. The fourth-order valence-electron chi connectivity index (χ4n) is 11.1. The van der Waals surface area contributed by atoms with Gasteiger partial charge in [0.05, 0.1) is 29.9 Å². The maximum Gasteiger partial charge on any atom is 0.254 e. The molecule has 1 saturated carbocycles. The summed E-state index contributed by atoms with van der Waals surface area (Å²) in [6, 6.07) is 46.8. The Bertz CT molecular complexity index is 2850. The second kappa shape index (κ2) is 21.5. The molecule has 9 rings (SSSR count). The van der Waals surface area contributed by atoms with Crippen LogP contribution in [-0.4, -0.2) is 65.5 Å². The van der Waals surface area contributed by atoms with Crippen molar-refractivity contribution in [1.82, 2.24) is 4.90 Å². The van der Waals surface area contributed by atoms with Crippen molar-refractivity contribution in [2.24, 2.45) is 22.9 Å². The van der Waals surface area contributed by atoms with Crippen LogP contribution in [0.5, 0.6) is 17.2 Å². The summed E-state index contributed by atoms with van der Waals surface area (Å²) in [6.45, 7) is 4.61. The second-order valence-corrected chi connectivity index (χ2v) is 18.2. The molecule has 2 N–H and O–H groups in total. The SMILES string of the molecule is C=CCO[C@@]12Oc3ccc(Oc4ccc(-c5ccccc5)cc4)cc3[C@H]3[C@H](CCCCO)[C@@H](CCCCO)C=C(C(=NOC)C[C@@H]1N(Cc1cccc4ccccc14)C(=O)c1ccc(C#N)cc1)[C@H]32. The lowest BCUT2D eigenvalue weighted by molar-refractivity contribution is -0.255. The number of oxime groups is 1. The van der Waals surface area contributed by atoms with E-state index in [1.165, 1.54) is 0 Å². The van der Waals surface area contributed by atoms with E-state index >= 15 is 4.79 Å². The molecule has 0 bridgehead atoms. The Morgan fingerprint density at radius 2 is 1.57 bits per heavy atom. The van der Waals surface area contributed by atoms with Crippen LogP contribution in [-0.2, 0) is 16.1 Å². The number of allylic oxidation sites excluding steroid dienone is 1. The number of nitrogens with zero attached hydrogens (tertiary/aromatic N) is 3. The minimum Gasteiger partial charge on any atom is -0.459 e. The first-order valence-electron chi connectivity index (χ1n) is 24.1. The summed E-state index contributed by atoms with van der Waals surface area (Å²) in [5.74, 6) is -0.410. The molecule has 0 saturated heterocycles. The number of rotatable bonds is 19. The molecule has 10 nitrogen and oxygen atoms in total. The Labute approximate surface area is 404 Å². The van der Waals surface area contributed by atoms with Crippen LogP contribution in [0.2, 0.25) is 0 Å². The van der Waals surface area contributed by atoms with Gasteiger partial charge in [-0.05, 0) is 125 Å². The van der Waals surface area contributed by atoms with Crippen LogP contribution in [0.3, 0.4) is 0 Å². The number of nitriles is 1. The minimum absolute atomic E-state index is 0.0297. The Balaban J connectivity index is 1.23. The first kappa shape index (κ1) is 47.1. The standard InChI is InChI=1S/C59H59N3O7/c1-3-34-67-59-55(62(58(65)44-24-22-40(38-60)23-25-44)39-46-19-13-18-43-16-7-8-20-49(43)46)37-53(61-66-2)51-35-45(17-9-11-32-63)50(21-10-12-33-64)56(57(51)59)52-36-48(30-31-54(52)69-59)68-47-28-26-42(27-29-47)41-14-5-4-6-15-41/h3-8,13-16,18-20,22-31,35-36,45,50,55-57,63-64H,1,9-12,17,21,32-34,37,39H2,2H3/t45-,50+,55-,56+,57+,59+/m0/s1.